The minimum absolute atomic E-state index is 0.0574. The lowest BCUT2D eigenvalue weighted by Gasteiger charge is -2.37. The van der Waals surface area contributed by atoms with Crippen LogP contribution in [-0.4, -0.2) is 64.4 Å². The lowest BCUT2D eigenvalue weighted by molar-refractivity contribution is -0.142. The maximum atomic E-state index is 13.3. The number of anilines is 1. The highest BCUT2D eigenvalue weighted by Crippen LogP contribution is 2.31. The van der Waals surface area contributed by atoms with E-state index in [0.29, 0.717) is 31.9 Å². The first-order valence-corrected chi connectivity index (χ1v) is 9.37. The number of fused-ring (bicyclic) bond motifs is 1. The Morgan fingerprint density at radius 3 is 2.52 bits per heavy atom. The van der Waals surface area contributed by atoms with E-state index in [1.165, 1.54) is 0 Å². The number of likely N-dealkylation sites (N-methyl/N-ethyl adjacent to an activating group) is 1. The van der Waals surface area contributed by atoms with Crippen LogP contribution in [0.25, 0.3) is 0 Å². The molecule has 0 bridgehead atoms. The summed E-state index contributed by atoms with van der Waals surface area (Å²) >= 11 is 0. The highest BCUT2D eigenvalue weighted by Gasteiger charge is 2.41. The molecule has 1 fully saturated rings. The quantitative estimate of drug-likeness (QED) is 0.757. The van der Waals surface area contributed by atoms with Crippen molar-refractivity contribution in [1.82, 2.24) is 19.4 Å². The largest absolute Gasteiger partial charge is 0.339 e. The van der Waals surface area contributed by atoms with E-state index in [-0.39, 0.29) is 11.8 Å². The number of amides is 2. The summed E-state index contributed by atoms with van der Waals surface area (Å²) in [7, 11) is 3.97. The first kappa shape index (κ1) is 17.7. The number of carbonyl (C=O) groups excluding carboxylic acids is 2. The van der Waals surface area contributed by atoms with Crippen LogP contribution in [0.1, 0.15) is 11.3 Å². The molecule has 1 saturated heterocycles. The van der Waals surface area contributed by atoms with Crippen molar-refractivity contribution in [3.05, 3.63) is 47.9 Å². The molecule has 0 N–H and O–H groups in total. The fraction of sp³-hybridized carbons (Fsp3) is 0.450. The van der Waals surface area contributed by atoms with Gasteiger partial charge in [0.2, 0.25) is 11.8 Å². The molecule has 7 heteroatoms. The van der Waals surface area contributed by atoms with Crippen molar-refractivity contribution in [2.45, 2.75) is 13.0 Å². The third-order valence-electron chi connectivity index (χ3n) is 5.55. The molecule has 3 heterocycles. The Morgan fingerprint density at radius 2 is 1.81 bits per heavy atom. The minimum atomic E-state index is -0.667. The number of benzene rings is 1. The van der Waals surface area contributed by atoms with Crippen LogP contribution in [0.15, 0.2) is 36.7 Å². The predicted molar refractivity (Wildman–Crippen MR) is 102 cm³/mol. The lowest BCUT2D eigenvalue weighted by Crippen LogP contribution is -2.53. The third-order valence-corrected chi connectivity index (χ3v) is 5.55. The van der Waals surface area contributed by atoms with Crippen molar-refractivity contribution < 1.29 is 9.59 Å². The molecule has 0 radical (unpaired) electrons. The number of imidazole rings is 1. The van der Waals surface area contributed by atoms with Crippen LogP contribution in [0.3, 0.4) is 0 Å². The number of rotatable bonds is 3. The van der Waals surface area contributed by atoms with Crippen LogP contribution in [0.2, 0.25) is 0 Å². The van der Waals surface area contributed by atoms with Crippen LogP contribution in [0, 0.1) is 5.92 Å². The van der Waals surface area contributed by atoms with Gasteiger partial charge in [0.25, 0.3) is 0 Å². The Morgan fingerprint density at radius 1 is 1.11 bits per heavy atom. The summed E-state index contributed by atoms with van der Waals surface area (Å²) in [5.74, 6) is -0.194. The van der Waals surface area contributed by atoms with E-state index in [1.807, 2.05) is 46.8 Å². The summed E-state index contributed by atoms with van der Waals surface area (Å²) in [6.45, 7) is 3.47. The van der Waals surface area contributed by atoms with Crippen LogP contribution in [-0.2, 0) is 29.6 Å². The van der Waals surface area contributed by atoms with Crippen LogP contribution >= 0.6 is 0 Å². The number of hydrogen-bond donors (Lipinski definition) is 0. The molecule has 2 aromatic rings. The van der Waals surface area contributed by atoms with Gasteiger partial charge in [0.15, 0.2) is 5.82 Å². The smallest absolute Gasteiger partial charge is 0.241 e. The first-order valence-electron chi connectivity index (χ1n) is 9.37. The molecule has 27 heavy (non-hydrogen) atoms. The molecule has 0 saturated carbocycles. The van der Waals surface area contributed by atoms with Gasteiger partial charge >= 0.3 is 0 Å². The SMILES string of the molecule is CN1CCN(C(=O)C2Cc3c(ncn3C)N(Cc3ccccc3)C2=O)CC1. The zero-order valence-corrected chi connectivity index (χ0v) is 15.8. The molecule has 1 aromatic carbocycles. The summed E-state index contributed by atoms with van der Waals surface area (Å²) in [6.07, 6.45) is 2.14. The van der Waals surface area contributed by atoms with Crippen molar-refractivity contribution in [2.75, 3.05) is 38.1 Å². The van der Waals surface area contributed by atoms with Gasteiger partial charge in [-0.3, -0.25) is 14.5 Å². The predicted octanol–water partition coefficient (Wildman–Crippen LogP) is 0.900. The number of carbonyl (C=O) groups is 2. The van der Waals surface area contributed by atoms with Crippen molar-refractivity contribution in [2.24, 2.45) is 13.0 Å². The van der Waals surface area contributed by atoms with Gasteiger partial charge in [-0.05, 0) is 12.6 Å². The molecule has 7 nitrogen and oxygen atoms in total. The average Bonchev–Trinajstić information content (AvgIpc) is 3.05. The topological polar surface area (TPSA) is 61.7 Å². The second-order valence-corrected chi connectivity index (χ2v) is 7.42. The second-order valence-electron chi connectivity index (χ2n) is 7.42. The van der Waals surface area contributed by atoms with E-state index in [2.05, 4.69) is 16.9 Å². The molecule has 4 rings (SSSR count). The van der Waals surface area contributed by atoms with Crippen LogP contribution < -0.4 is 4.90 Å². The summed E-state index contributed by atoms with van der Waals surface area (Å²) < 4.78 is 1.92. The number of aromatic nitrogens is 2. The monoisotopic (exact) mass is 367 g/mol. The molecule has 1 unspecified atom stereocenters. The molecule has 2 aliphatic heterocycles. The summed E-state index contributed by atoms with van der Waals surface area (Å²) in [5, 5.41) is 0. The first-order chi connectivity index (χ1) is 13.0. The molecule has 1 atom stereocenters. The van der Waals surface area contributed by atoms with Gasteiger partial charge in [-0.15, -0.1) is 0 Å². The Hall–Kier alpha value is -2.67. The Kier molecular flexibility index (Phi) is 4.70. The normalized spacial score (nSPS) is 20.7. The zero-order chi connectivity index (χ0) is 19.0. The van der Waals surface area contributed by atoms with Gasteiger partial charge in [0.05, 0.1) is 18.6 Å². The molecule has 2 amide bonds. The molecular formula is C20H25N5O2. The maximum absolute atomic E-state index is 13.3. The lowest BCUT2D eigenvalue weighted by atomic mass is 9.94. The Balaban J connectivity index is 1.62. The van der Waals surface area contributed by atoms with E-state index in [0.717, 1.165) is 24.3 Å². The number of nitrogens with zero attached hydrogens (tertiary/aromatic N) is 5. The number of aryl methyl sites for hydroxylation is 1. The summed E-state index contributed by atoms with van der Waals surface area (Å²) in [5.41, 5.74) is 1.97. The molecular weight excluding hydrogens is 342 g/mol. The maximum Gasteiger partial charge on any atom is 0.241 e. The van der Waals surface area contributed by atoms with Crippen LogP contribution in [0.4, 0.5) is 5.82 Å². The van der Waals surface area contributed by atoms with Crippen molar-refractivity contribution >= 4 is 17.6 Å². The fourth-order valence-electron chi connectivity index (χ4n) is 3.84. The zero-order valence-electron chi connectivity index (χ0n) is 15.8. The van der Waals surface area contributed by atoms with Crippen molar-refractivity contribution in [3.63, 3.8) is 0 Å². The van der Waals surface area contributed by atoms with E-state index >= 15 is 0 Å². The fourth-order valence-corrected chi connectivity index (χ4v) is 3.84. The van der Waals surface area contributed by atoms with Crippen molar-refractivity contribution in [3.8, 4) is 0 Å². The highest BCUT2D eigenvalue weighted by molar-refractivity contribution is 6.09. The molecule has 1 aromatic heterocycles. The van der Waals surface area contributed by atoms with Gasteiger partial charge in [0.1, 0.15) is 5.92 Å². The number of hydrogen-bond acceptors (Lipinski definition) is 4. The Bertz CT molecular complexity index is 839. The summed E-state index contributed by atoms with van der Waals surface area (Å²) in [4.78, 5) is 36.6. The third kappa shape index (κ3) is 3.35. The van der Waals surface area contributed by atoms with Gasteiger partial charge in [-0.25, -0.2) is 4.98 Å². The van der Waals surface area contributed by atoms with Gasteiger partial charge in [-0.2, -0.15) is 0 Å². The van der Waals surface area contributed by atoms with E-state index < -0.39 is 5.92 Å². The Labute approximate surface area is 159 Å². The highest BCUT2D eigenvalue weighted by atomic mass is 16.2. The van der Waals surface area contributed by atoms with E-state index in [9.17, 15) is 9.59 Å². The molecule has 142 valence electrons. The summed E-state index contributed by atoms with van der Waals surface area (Å²) in [6, 6.07) is 9.84. The number of piperazine rings is 1. The van der Waals surface area contributed by atoms with Gasteiger partial charge < -0.3 is 14.4 Å². The average molecular weight is 367 g/mol. The minimum Gasteiger partial charge on any atom is -0.339 e. The molecule has 0 spiro atoms. The second kappa shape index (κ2) is 7.15. The van der Waals surface area contributed by atoms with Gasteiger partial charge in [-0.1, -0.05) is 30.3 Å². The standard InChI is InChI=1S/C20H25N5O2/c1-22-8-10-24(11-9-22)19(26)16-12-17-18(21-14-23(17)2)25(20(16)27)13-15-6-4-3-5-7-15/h3-7,14,16H,8-13H2,1-2H3. The van der Waals surface area contributed by atoms with Gasteiger partial charge in [0, 0.05) is 39.6 Å². The van der Waals surface area contributed by atoms with E-state index in [4.69, 9.17) is 0 Å². The molecule has 2 aliphatic rings. The van der Waals surface area contributed by atoms with Crippen molar-refractivity contribution in [1.29, 1.82) is 0 Å². The molecule has 0 aliphatic carbocycles. The van der Waals surface area contributed by atoms with Crippen LogP contribution in [0.5, 0.6) is 0 Å². The van der Waals surface area contributed by atoms with E-state index in [1.54, 1.807) is 11.2 Å².